The molecular weight excluding hydrogens is 501 g/mol. The Bertz CT molecular complexity index is 409. The van der Waals surface area contributed by atoms with Gasteiger partial charge in [0, 0.05) is 13.2 Å². The largest absolute Gasteiger partial charge is 1.00 e. The zero-order valence-corrected chi connectivity index (χ0v) is 26.1. The molecular formula is C20H49KO10P2. The molecule has 0 atom stereocenters. The molecule has 0 spiro atoms. The minimum absolute atomic E-state index is 0. The molecule has 0 rings (SSSR count). The number of phosphoric ester groups is 1. The van der Waals surface area contributed by atoms with E-state index >= 15 is 0 Å². The summed E-state index contributed by atoms with van der Waals surface area (Å²) in [6.45, 7) is 6.28. The number of rotatable bonds is 16. The molecule has 0 aromatic rings. The third kappa shape index (κ3) is 87.2. The van der Waals surface area contributed by atoms with Gasteiger partial charge < -0.3 is 34.7 Å². The fourth-order valence-electron chi connectivity index (χ4n) is 2.48. The third-order valence-corrected chi connectivity index (χ3v) is 4.28. The van der Waals surface area contributed by atoms with Crippen molar-refractivity contribution in [3.8, 4) is 0 Å². The Hall–Kier alpha value is 1.78. The number of phosphoric acid groups is 2. The van der Waals surface area contributed by atoms with Crippen molar-refractivity contribution >= 4 is 15.6 Å². The van der Waals surface area contributed by atoms with Gasteiger partial charge in [-0.15, -0.1) is 0 Å². The van der Waals surface area contributed by atoms with Gasteiger partial charge in [0.15, 0.2) is 0 Å². The van der Waals surface area contributed by atoms with Crippen LogP contribution in [0.5, 0.6) is 0 Å². The molecule has 33 heavy (non-hydrogen) atoms. The number of unbranched alkanes of at least 4 members (excludes halogenated alkanes) is 13. The summed E-state index contributed by atoms with van der Waals surface area (Å²) < 4.78 is 23.6. The fraction of sp³-hybridized carbons (Fsp3) is 1.00. The Labute approximate surface area is 243 Å². The molecule has 0 aromatic carbocycles. The first-order valence-electron chi connectivity index (χ1n) is 11.6. The quantitative estimate of drug-likeness (QED) is 0.0920. The van der Waals surface area contributed by atoms with Crippen molar-refractivity contribution < 1.29 is 99.7 Å². The second-order valence-electron chi connectivity index (χ2n) is 7.04. The molecule has 0 aliphatic rings. The number of aliphatic hydroxyl groups is 2. The van der Waals surface area contributed by atoms with E-state index in [0.29, 0.717) is 0 Å². The van der Waals surface area contributed by atoms with E-state index in [4.69, 9.17) is 39.2 Å². The van der Waals surface area contributed by atoms with E-state index in [1.807, 2.05) is 0 Å². The summed E-state index contributed by atoms with van der Waals surface area (Å²) in [5.41, 5.74) is 0. The molecule has 200 valence electrons. The maximum atomic E-state index is 10.4. The van der Waals surface area contributed by atoms with Crippen LogP contribution in [-0.4, -0.2) is 49.6 Å². The first-order chi connectivity index (χ1) is 14.9. The minimum Gasteiger partial charge on any atom is -0.756 e. The maximum Gasteiger partial charge on any atom is 1.00 e. The van der Waals surface area contributed by atoms with Crippen LogP contribution < -0.4 is 56.3 Å². The second kappa shape index (κ2) is 35.9. The topological polar surface area (TPSA) is 188 Å². The smallest absolute Gasteiger partial charge is 0.756 e. The summed E-state index contributed by atoms with van der Waals surface area (Å²) in [7, 11) is -9.14. The average molecular weight is 551 g/mol. The Morgan fingerprint density at radius 2 is 0.818 bits per heavy atom. The van der Waals surface area contributed by atoms with E-state index < -0.39 is 15.6 Å². The van der Waals surface area contributed by atoms with Gasteiger partial charge in [0.05, 0.1) is 6.61 Å². The van der Waals surface area contributed by atoms with Crippen molar-refractivity contribution in [3.63, 3.8) is 0 Å². The molecule has 0 aliphatic heterocycles. The van der Waals surface area contributed by atoms with Gasteiger partial charge in [-0.05, 0) is 20.3 Å². The van der Waals surface area contributed by atoms with Crippen molar-refractivity contribution in [3.05, 3.63) is 0 Å². The van der Waals surface area contributed by atoms with E-state index in [1.54, 1.807) is 13.8 Å². The maximum absolute atomic E-state index is 10.4. The van der Waals surface area contributed by atoms with Crippen molar-refractivity contribution in [1.29, 1.82) is 0 Å². The van der Waals surface area contributed by atoms with Crippen LogP contribution in [0.2, 0.25) is 0 Å². The van der Waals surface area contributed by atoms with E-state index in [-0.39, 0.29) is 71.2 Å². The summed E-state index contributed by atoms with van der Waals surface area (Å²) in [4.78, 5) is 39.9. The first-order valence-corrected chi connectivity index (χ1v) is 14.6. The Kier molecular flexibility index (Phi) is 48.7. The number of hydrogen-bond donors (Lipinski definition) is 6. The van der Waals surface area contributed by atoms with Gasteiger partial charge in [-0.25, -0.2) is 4.57 Å². The average Bonchev–Trinajstić information content (AvgIpc) is 2.64. The van der Waals surface area contributed by atoms with E-state index in [0.717, 1.165) is 19.3 Å². The normalized spacial score (nSPS) is 10.5. The van der Waals surface area contributed by atoms with Gasteiger partial charge in [-0.3, -0.25) is 9.09 Å². The van der Waals surface area contributed by atoms with Crippen LogP contribution in [0.1, 0.15) is 111 Å². The molecule has 0 unspecified atom stereocenters. The molecule has 0 aliphatic carbocycles. The molecule has 10 nitrogen and oxygen atoms in total. The van der Waals surface area contributed by atoms with Gasteiger partial charge in [-0.1, -0.05) is 90.4 Å². The van der Waals surface area contributed by atoms with Crippen LogP contribution in [0.25, 0.3) is 0 Å². The van der Waals surface area contributed by atoms with Gasteiger partial charge in [0.1, 0.15) is 0 Å². The van der Waals surface area contributed by atoms with Crippen molar-refractivity contribution in [2.24, 2.45) is 0 Å². The number of hydrogen-bond acceptors (Lipinski definition) is 6. The number of aliphatic hydroxyl groups excluding tert-OH is 2. The molecule has 0 saturated heterocycles. The molecule has 0 heterocycles. The zero-order chi connectivity index (χ0) is 25.7. The van der Waals surface area contributed by atoms with Gasteiger partial charge >= 0.3 is 59.2 Å². The third-order valence-electron chi connectivity index (χ3n) is 3.76. The first kappa shape index (κ1) is 44.7. The summed E-state index contributed by atoms with van der Waals surface area (Å²) in [6, 6.07) is 0. The molecule has 13 heteroatoms. The fourth-order valence-corrected chi connectivity index (χ4v) is 2.85. The monoisotopic (exact) mass is 550 g/mol. The molecule has 0 fully saturated rings. The van der Waals surface area contributed by atoms with Crippen LogP contribution in [-0.2, 0) is 13.7 Å². The molecule has 0 saturated carbocycles. The Balaban J connectivity index is -0.000000181. The molecule has 0 aromatic heterocycles. The van der Waals surface area contributed by atoms with Crippen LogP contribution in [0.4, 0.5) is 0 Å². The van der Waals surface area contributed by atoms with E-state index in [9.17, 15) is 4.57 Å². The molecule has 0 bridgehead atoms. The minimum atomic E-state index is -4.89. The van der Waals surface area contributed by atoms with Crippen LogP contribution in [0, 0.1) is 0 Å². The predicted octanol–water partition coefficient (Wildman–Crippen LogP) is 1.02. The van der Waals surface area contributed by atoms with Gasteiger partial charge in [-0.2, -0.15) is 0 Å². The Morgan fingerprint density at radius 1 is 0.606 bits per heavy atom. The predicted molar refractivity (Wildman–Crippen MR) is 126 cm³/mol. The summed E-state index contributed by atoms with van der Waals surface area (Å²) in [6.07, 6.45) is 17.8. The van der Waals surface area contributed by atoms with Crippen molar-refractivity contribution in [2.45, 2.75) is 111 Å². The molecule has 0 radical (unpaired) electrons. The standard InChI is InChI=1S/C16H35O4P.2C2H6O.K.H3O4P/c1-2-3-4-5-6-7-8-9-10-11-12-13-14-15-16-20-21(17,18)19;2*1-2-3;;1-5(2,3)4/h2-16H2,1H3,(H2,17,18,19);2*3H,2H2,1H3;;(H3,1,2,3,4)/q;;;+1;/p-1. The van der Waals surface area contributed by atoms with Crippen LogP contribution >= 0.6 is 15.6 Å². The second-order valence-corrected chi connectivity index (χ2v) is 9.26. The SMILES string of the molecule is CCCCCCCCCCCCCCCCOP(=O)(O)O.CCO.CCO.O=P([O-])(O)O.[K+]. The van der Waals surface area contributed by atoms with Crippen LogP contribution in [0.3, 0.4) is 0 Å². The van der Waals surface area contributed by atoms with Gasteiger partial charge in [0.25, 0.3) is 7.82 Å². The van der Waals surface area contributed by atoms with Gasteiger partial charge in [0.2, 0.25) is 0 Å². The summed E-state index contributed by atoms with van der Waals surface area (Å²) in [5.74, 6) is 0. The van der Waals surface area contributed by atoms with Crippen molar-refractivity contribution in [2.75, 3.05) is 19.8 Å². The Morgan fingerprint density at radius 3 is 1.03 bits per heavy atom. The summed E-state index contributed by atoms with van der Waals surface area (Å²) in [5, 5.41) is 15.1. The van der Waals surface area contributed by atoms with E-state index in [1.165, 1.54) is 70.6 Å². The molecule has 6 N–H and O–H groups in total. The summed E-state index contributed by atoms with van der Waals surface area (Å²) >= 11 is 0. The zero-order valence-electron chi connectivity index (χ0n) is 21.2. The van der Waals surface area contributed by atoms with E-state index in [2.05, 4.69) is 11.4 Å². The van der Waals surface area contributed by atoms with Crippen LogP contribution in [0.15, 0.2) is 0 Å². The molecule has 0 amide bonds. The van der Waals surface area contributed by atoms with Crippen molar-refractivity contribution in [1.82, 2.24) is 0 Å².